The van der Waals surface area contributed by atoms with Crippen LogP contribution < -0.4 is 0 Å². The number of benzene rings is 2. The van der Waals surface area contributed by atoms with Gasteiger partial charge in [0.1, 0.15) is 0 Å². The molecule has 0 atom stereocenters. The maximum absolute atomic E-state index is 6.13. The molecule has 4 heteroatoms. The van der Waals surface area contributed by atoms with E-state index in [4.69, 9.17) is 11.6 Å². The normalized spacial score (nSPS) is 11.2. The summed E-state index contributed by atoms with van der Waals surface area (Å²) >= 11 is 9.64. The van der Waals surface area contributed by atoms with Gasteiger partial charge in [-0.15, -0.1) is 0 Å². The topological polar surface area (TPSA) is 17.3 Å². The lowest BCUT2D eigenvalue weighted by Gasteiger charge is -2.06. The van der Waals surface area contributed by atoms with Gasteiger partial charge in [0.2, 0.25) is 0 Å². The van der Waals surface area contributed by atoms with E-state index in [0.29, 0.717) is 0 Å². The molecule has 110 valence electrons. The van der Waals surface area contributed by atoms with Gasteiger partial charge < -0.3 is 4.57 Å². The van der Waals surface area contributed by atoms with Gasteiger partial charge in [-0.3, -0.25) is 4.99 Å². The Hall–Kier alpha value is -1.84. The summed E-state index contributed by atoms with van der Waals surface area (Å²) in [6, 6.07) is 18.0. The third-order valence-electron chi connectivity index (χ3n) is 3.37. The summed E-state index contributed by atoms with van der Waals surface area (Å²) in [5.74, 6) is 0. The number of hydrogen-bond donors (Lipinski definition) is 0. The third kappa shape index (κ3) is 3.32. The Balaban J connectivity index is 1.92. The van der Waals surface area contributed by atoms with Crippen molar-refractivity contribution in [2.45, 2.75) is 6.92 Å². The van der Waals surface area contributed by atoms with E-state index in [1.807, 2.05) is 61.8 Å². The zero-order valence-corrected chi connectivity index (χ0v) is 14.3. The molecule has 2 aromatic carbocycles. The van der Waals surface area contributed by atoms with E-state index in [0.717, 1.165) is 32.1 Å². The van der Waals surface area contributed by atoms with Crippen molar-refractivity contribution in [3.63, 3.8) is 0 Å². The highest BCUT2D eigenvalue weighted by Gasteiger charge is 2.02. The van der Waals surface area contributed by atoms with Crippen molar-refractivity contribution < 1.29 is 0 Å². The molecule has 0 N–H and O–H groups in total. The van der Waals surface area contributed by atoms with Gasteiger partial charge in [-0.1, -0.05) is 39.7 Å². The molecule has 2 nitrogen and oxygen atoms in total. The van der Waals surface area contributed by atoms with Gasteiger partial charge in [-0.05, 0) is 55.0 Å². The molecule has 0 aliphatic rings. The van der Waals surface area contributed by atoms with E-state index in [-0.39, 0.29) is 0 Å². The molecule has 0 amide bonds. The van der Waals surface area contributed by atoms with Crippen LogP contribution in [0.15, 0.2) is 70.3 Å². The molecule has 0 saturated carbocycles. The molecular weight excluding hydrogens is 360 g/mol. The zero-order valence-electron chi connectivity index (χ0n) is 12.0. The predicted octanol–water partition coefficient (Wildman–Crippen LogP) is 5.95. The number of hydrogen-bond acceptors (Lipinski definition) is 1. The summed E-state index contributed by atoms with van der Waals surface area (Å²) < 4.78 is 3.14. The molecule has 0 spiro atoms. The van der Waals surface area contributed by atoms with Gasteiger partial charge in [0.25, 0.3) is 0 Å². The summed E-state index contributed by atoms with van der Waals surface area (Å²) in [5.41, 5.74) is 3.99. The van der Waals surface area contributed by atoms with Gasteiger partial charge in [-0.2, -0.15) is 0 Å². The quantitative estimate of drug-likeness (QED) is 0.505. The van der Waals surface area contributed by atoms with Crippen LogP contribution in [0.25, 0.3) is 5.69 Å². The van der Waals surface area contributed by atoms with Crippen LogP contribution in [0.2, 0.25) is 5.02 Å². The van der Waals surface area contributed by atoms with Gasteiger partial charge in [0.05, 0.1) is 17.6 Å². The Labute approximate surface area is 143 Å². The minimum Gasteiger partial charge on any atom is -0.316 e. The first kappa shape index (κ1) is 15.1. The number of halogens is 2. The molecule has 0 aliphatic heterocycles. The van der Waals surface area contributed by atoms with Crippen molar-refractivity contribution in [2.24, 2.45) is 4.99 Å². The molecule has 1 aromatic heterocycles. The van der Waals surface area contributed by atoms with E-state index in [1.54, 1.807) is 0 Å². The lowest BCUT2D eigenvalue weighted by molar-refractivity contribution is 1.07. The maximum atomic E-state index is 6.13. The Morgan fingerprint density at radius 1 is 1.09 bits per heavy atom. The molecule has 0 bridgehead atoms. The third-order valence-corrected chi connectivity index (χ3v) is 4.27. The maximum Gasteiger partial charge on any atom is 0.0645 e. The monoisotopic (exact) mass is 372 g/mol. The fraction of sp³-hybridized carbons (Fsp3) is 0.0556. The average molecular weight is 374 g/mol. The Bertz CT molecular complexity index is 837. The van der Waals surface area contributed by atoms with E-state index in [2.05, 4.69) is 37.6 Å². The first-order valence-corrected chi connectivity index (χ1v) is 8.04. The van der Waals surface area contributed by atoms with Crippen molar-refractivity contribution in [3.05, 3.63) is 81.5 Å². The molecular formula is C18H14BrClN2. The molecule has 0 radical (unpaired) electrons. The molecule has 0 fully saturated rings. The van der Waals surface area contributed by atoms with E-state index >= 15 is 0 Å². The number of aliphatic imine (C=N–C) groups is 1. The van der Waals surface area contributed by atoms with E-state index in [9.17, 15) is 0 Å². The van der Waals surface area contributed by atoms with Crippen LogP contribution in [-0.4, -0.2) is 10.8 Å². The standard InChI is InChI=1S/C18H14BrClN2/c1-13-7-8-15(11-18(13)20)21-12-17-6-3-9-22(17)16-5-2-4-14(19)10-16/h2-12H,1H3. The number of aromatic nitrogens is 1. The fourth-order valence-electron chi connectivity index (χ4n) is 2.16. The summed E-state index contributed by atoms with van der Waals surface area (Å²) in [7, 11) is 0. The number of nitrogens with zero attached hydrogens (tertiary/aromatic N) is 2. The minimum atomic E-state index is 0.733. The van der Waals surface area contributed by atoms with Crippen molar-refractivity contribution in [3.8, 4) is 5.69 Å². The Morgan fingerprint density at radius 3 is 2.73 bits per heavy atom. The molecule has 0 unspecified atom stereocenters. The molecule has 1 heterocycles. The summed E-state index contributed by atoms with van der Waals surface area (Å²) in [6.45, 7) is 1.98. The van der Waals surface area contributed by atoms with E-state index < -0.39 is 0 Å². The molecule has 0 aliphatic carbocycles. The van der Waals surface area contributed by atoms with Crippen LogP contribution in [-0.2, 0) is 0 Å². The molecule has 0 saturated heterocycles. The predicted molar refractivity (Wildman–Crippen MR) is 96.9 cm³/mol. The van der Waals surface area contributed by atoms with Crippen molar-refractivity contribution in [1.29, 1.82) is 0 Å². The lowest BCUT2D eigenvalue weighted by Crippen LogP contribution is -1.97. The van der Waals surface area contributed by atoms with Crippen LogP contribution in [0.4, 0.5) is 5.69 Å². The Kier molecular flexibility index (Phi) is 4.46. The number of rotatable bonds is 3. The van der Waals surface area contributed by atoms with E-state index in [1.165, 1.54) is 0 Å². The second-order valence-corrected chi connectivity index (χ2v) is 6.30. The smallest absolute Gasteiger partial charge is 0.0645 e. The largest absolute Gasteiger partial charge is 0.316 e. The van der Waals surface area contributed by atoms with Crippen LogP contribution in [0.1, 0.15) is 11.3 Å². The second-order valence-electron chi connectivity index (χ2n) is 4.97. The molecule has 3 rings (SSSR count). The van der Waals surface area contributed by atoms with Crippen molar-refractivity contribution in [1.82, 2.24) is 4.57 Å². The van der Waals surface area contributed by atoms with Crippen LogP contribution >= 0.6 is 27.5 Å². The first-order chi connectivity index (χ1) is 10.6. The molecule has 3 aromatic rings. The SMILES string of the molecule is Cc1ccc(N=Cc2cccn2-c2cccc(Br)c2)cc1Cl. The minimum absolute atomic E-state index is 0.733. The zero-order chi connectivity index (χ0) is 15.5. The highest BCUT2D eigenvalue weighted by atomic mass is 79.9. The molecule has 22 heavy (non-hydrogen) atoms. The summed E-state index contributed by atoms with van der Waals surface area (Å²) in [4.78, 5) is 4.52. The summed E-state index contributed by atoms with van der Waals surface area (Å²) in [5, 5.41) is 0.733. The van der Waals surface area contributed by atoms with Crippen LogP contribution in [0, 0.1) is 6.92 Å². The van der Waals surface area contributed by atoms with Crippen molar-refractivity contribution >= 4 is 39.4 Å². The Morgan fingerprint density at radius 2 is 1.95 bits per heavy atom. The van der Waals surface area contributed by atoms with Crippen molar-refractivity contribution in [2.75, 3.05) is 0 Å². The summed E-state index contributed by atoms with van der Waals surface area (Å²) in [6.07, 6.45) is 3.87. The van der Waals surface area contributed by atoms with Gasteiger partial charge in [-0.25, -0.2) is 0 Å². The lowest BCUT2D eigenvalue weighted by atomic mass is 10.2. The van der Waals surface area contributed by atoms with Crippen LogP contribution in [0.3, 0.4) is 0 Å². The first-order valence-electron chi connectivity index (χ1n) is 6.87. The second kappa shape index (κ2) is 6.51. The number of aryl methyl sites for hydroxylation is 1. The highest BCUT2D eigenvalue weighted by Crippen LogP contribution is 2.22. The average Bonchev–Trinajstić information content (AvgIpc) is 2.97. The van der Waals surface area contributed by atoms with Gasteiger partial charge >= 0.3 is 0 Å². The fourth-order valence-corrected chi connectivity index (χ4v) is 2.73. The van der Waals surface area contributed by atoms with Gasteiger partial charge in [0, 0.05) is 21.4 Å². The highest BCUT2D eigenvalue weighted by molar-refractivity contribution is 9.10. The van der Waals surface area contributed by atoms with Gasteiger partial charge in [0.15, 0.2) is 0 Å². The van der Waals surface area contributed by atoms with Crippen LogP contribution in [0.5, 0.6) is 0 Å².